The summed E-state index contributed by atoms with van der Waals surface area (Å²) in [6, 6.07) is 8.34. The van der Waals surface area contributed by atoms with Crippen LogP contribution >= 0.6 is 11.3 Å². The third kappa shape index (κ3) is 2.20. The molecular weight excluding hydrogens is 258 g/mol. The van der Waals surface area contributed by atoms with E-state index in [1.54, 1.807) is 15.9 Å². The van der Waals surface area contributed by atoms with Gasteiger partial charge in [-0.15, -0.1) is 0 Å². The molecule has 0 bridgehead atoms. The van der Waals surface area contributed by atoms with Gasteiger partial charge in [0.2, 0.25) is 4.96 Å². The van der Waals surface area contributed by atoms with Crippen LogP contribution in [-0.4, -0.2) is 28.7 Å². The molecule has 6 heteroatoms. The van der Waals surface area contributed by atoms with Gasteiger partial charge in [-0.25, -0.2) is 9.50 Å². The van der Waals surface area contributed by atoms with E-state index < -0.39 is 0 Å². The molecular formula is C13H15N5S. The monoisotopic (exact) mass is 273 g/mol. The summed E-state index contributed by atoms with van der Waals surface area (Å²) in [4.78, 5) is 7.37. The van der Waals surface area contributed by atoms with Gasteiger partial charge in [0.25, 0.3) is 0 Å². The molecule has 0 aliphatic carbocycles. The Bertz CT molecular complexity index is 664. The summed E-state index contributed by atoms with van der Waals surface area (Å²) < 4.78 is 1.79. The molecule has 2 heterocycles. The minimum atomic E-state index is 0.447. The summed E-state index contributed by atoms with van der Waals surface area (Å²) in [6.07, 6.45) is 1.88. The minimum absolute atomic E-state index is 0.447. The maximum atomic E-state index is 5.56. The molecule has 0 aliphatic heterocycles. The summed E-state index contributed by atoms with van der Waals surface area (Å²) in [5, 5.41) is 5.50. The Kier molecular flexibility index (Phi) is 2.96. The number of rotatable bonds is 3. The van der Waals surface area contributed by atoms with Crippen molar-refractivity contribution in [3.05, 3.63) is 36.2 Å². The average Bonchev–Trinajstić information content (AvgIpc) is 2.96. The lowest BCUT2D eigenvalue weighted by atomic mass is 10.2. The summed E-state index contributed by atoms with van der Waals surface area (Å²) in [7, 11) is 4.06. The van der Waals surface area contributed by atoms with Gasteiger partial charge in [0.1, 0.15) is 5.01 Å². The third-order valence-corrected chi connectivity index (χ3v) is 3.90. The number of hydrogen-bond donors (Lipinski definition) is 1. The van der Waals surface area contributed by atoms with Crippen molar-refractivity contribution in [1.29, 1.82) is 0 Å². The van der Waals surface area contributed by atoms with Gasteiger partial charge in [-0.05, 0) is 24.3 Å². The zero-order valence-electron chi connectivity index (χ0n) is 10.9. The Morgan fingerprint density at radius 2 is 2.00 bits per heavy atom. The molecule has 0 fully saturated rings. The van der Waals surface area contributed by atoms with Crippen LogP contribution in [0.15, 0.2) is 30.5 Å². The first-order valence-corrected chi connectivity index (χ1v) is 6.82. The van der Waals surface area contributed by atoms with Crippen molar-refractivity contribution in [2.45, 2.75) is 6.54 Å². The topological polar surface area (TPSA) is 59.5 Å². The first-order valence-electron chi connectivity index (χ1n) is 6.00. The Morgan fingerprint density at radius 3 is 2.58 bits per heavy atom. The molecule has 19 heavy (non-hydrogen) atoms. The Labute approximate surface area is 115 Å². The minimum Gasteiger partial charge on any atom is -0.378 e. The van der Waals surface area contributed by atoms with Gasteiger partial charge in [-0.3, -0.25) is 0 Å². The summed E-state index contributed by atoms with van der Waals surface area (Å²) in [6.45, 7) is 0.447. The zero-order valence-corrected chi connectivity index (χ0v) is 11.7. The van der Waals surface area contributed by atoms with E-state index in [1.807, 2.05) is 20.3 Å². The number of nitrogens with two attached hydrogens (primary N) is 1. The normalized spacial score (nSPS) is 11.1. The van der Waals surface area contributed by atoms with Gasteiger partial charge in [-0.2, -0.15) is 5.10 Å². The van der Waals surface area contributed by atoms with E-state index in [4.69, 9.17) is 5.73 Å². The number of fused-ring (bicyclic) bond motifs is 1. The lowest BCUT2D eigenvalue weighted by Gasteiger charge is -2.11. The second kappa shape index (κ2) is 4.64. The number of aromatic nitrogens is 3. The number of imidazole rings is 1. The molecule has 5 nitrogen and oxygen atoms in total. The van der Waals surface area contributed by atoms with E-state index in [9.17, 15) is 0 Å². The number of hydrogen-bond acceptors (Lipinski definition) is 5. The van der Waals surface area contributed by atoms with E-state index in [-0.39, 0.29) is 0 Å². The molecule has 3 aromatic rings. The van der Waals surface area contributed by atoms with Gasteiger partial charge in [-0.1, -0.05) is 11.3 Å². The predicted octanol–water partition coefficient (Wildman–Crippen LogP) is 1.98. The Balaban J connectivity index is 1.96. The summed E-state index contributed by atoms with van der Waals surface area (Å²) in [5.74, 6) is 0. The lowest BCUT2D eigenvalue weighted by molar-refractivity contribution is 0.959. The molecule has 3 rings (SSSR count). The summed E-state index contributed by atoms with van der Waals surface area (Å²) in [5.41, 5.74) is 8.72. The average molecular weight is 273 g/mol. The highest BCUT2D eigenvalue weighted by atomic mass is 32.1. The smallest absolute Gasteiger partial charge is 0.212 e. The molecule has 1 aromatic carbocycles. The van der Waals surface area contributed by atoms with Crippen LogP contribution in [0.25, 0.3) is 15.5 Å². The number of anilines is 1. The first-order chi connectivity index (χ1) is 9.17. The maximum Gasteiger partial charge on any atom is 0.212 e. The van der Waals surface area contributed by atoms with Crippen molar-refractivity contribution in [3.63, 3.8) is 0 Å². The fourth-order valence-corrected chi connectivity index (χ4v) is 2.77. The largest absolute Gasteiger partial charge is 0.378 e. The number of nitrogens with zero attached hydrogens (tertiary/aromatic N) is 4. The molecule has 2 aromatic heterocycles. The van der Waals surface area contributed by atoms with Crippen LogP contribution in [0.5, 0.6) is 0 Å². The molecule has 2 N–H and O–H groups in total. The van der Waals surface area contributed by atoms with E-state index in [1.165, 1.54) is 5.69 Å². The SMILES string of the molecule is CN(C)c1ccc(-c2nn3cc(CN)nc3s2)cc1. The molecule has 0 unspecified atom stereocenters. The molecule has 0 spiro atoms. The lowest BCUT2D eigenvalue weighted by Crippen LogP contribution is -2.07. The van der Waals surface area contributed by atoms with Crippen LogP contribution in [0.2, 0.25) is 0 Å². The Morgan fingerprint density at radius 1 is 1.26 bits per heavy atom. The van der Waals surface area contributed by atoms with Crippen LogP contribution in [0.3, 0.4) is 0 Å². The van der Waals surface area contributed by atoms with Gasteiger partial charge in [0.15, 0.2) is 0 Å². The molecule has 0 saturated carbocycles. The fraction of sp³-hybridized carbons (Fsp3) is 0.231. The van der Waals surface area contributed by atoms with Crippen molar-refractivity contribution >= 4 is 22.0 Å². The molecule has 0 amide bonds. The second-order valence-electron chi connectivity index (χ2n) is 4.51. The predicted molar refractivity (Wildman–Crippen MR) is 78.5 cm³/mol. The second-order valence-corrected chi connectivity index (χ2v) is 5.47. The third-order valence-electron chi connectivity index (χ3n) is 2.93. The maximum absolute atomic E-state index is 5.56. The molecule has 98 valence electrons. The first kappa shape index (κ1) is 12.1. The van der Waals surface area contributed by atoms with Crippen molar-refractivity contribution in [3.8, 4) is 10.6 Å². The zero-order chi connectivity index (χ0) is 13.4. The van der Waals surface area contributed by atoms with Crippen LogP contribution in [-0.2, 0) is 6.54 Å². The quantitative estimate of drug-likeness (QED) is 0.792. The van der Waals surface area contributed by atoms with Crippen LogP contribution in [0, 0.1) is 0 Å². The highest BCUT2D eigenvalue weighted by molar-refractivity contribution is 7.19. The van der Waals surface area contributed by atoms with Crippen LogP contribution in [0.1, 0.15) is 5.69 Å². The molecule has 0 atom stereocenters. The van der Waals surface area contributed by atoms with Crippen molar-refractivity contribution in [2.24, 2.45) is 5.73 Å². The highest BCUT2D eigenvalue weighted by Crippen LogP contribution is 2.27. The molecule has 0 radical (unpaired) electrons. The van der Waals surface area contributed by atoms with E-state index in [2.05, 4.69) is 39.2 Å². The van der Waals surface area contributed by atoms with E-state index >= 15 is 0 Å². The van der Waals surface area contributed by atoms with Crippen LogP contribution < -0.4 is 10.6 Å². The van der Waals surface area contributed by atoms with Gasteiger partial charge in [0, 0.05) is 31.9 Å². The van der Waals surface area contributed by atoms with Crippen molar-refractivity contribution in [1.82, 2.24) is 14.6 Å². The van der Waals surface area contributed by atoms with E-state index in [0.29, 0.717) is 6.54 Å². The van der Waals surface area contributed by atoms with Gasteiger partial charge < -0.3 is 10.6 Å². The number of benzene rings is 1. The van der Waals surface area contributed by atoms with Gasteiger partial charge >= 0.3 is 0 Å². The van der Waals surface area contributed by atoms with Gasteiger partial charge in [0.05, 0.1) is 11.9 Å². The highest BCUT2D eigenvalue weighted by Gasteiger charge is 2.09. The molecule has 0 saturated heterocycles. The summed E-state index contributed by atoms with van der Waals surface area (Å²) >= 11 is 1.57. The van der Waals surface area contributed by atoms with Crippen molar-refractivity contribution < 1.29 is 0 Å². The Hall–Kier alpha value is -1.92. The standard InChI is InChI=1S/C13H15N5S/c1-17(2)11-5-3-9(4-6-11)12-16-18-8-10(7-14)15-13(18)19-12/h3-6,8H,7,14H2,1-2H3. The fourth-order valence-electron chi connectivity index (χ4n) is 1.86. The van der Waals surface area contributed by atoms with Crippen LogP contribution in [0.4, 0.5) is 5.69 Å². The molecule has 0 aliphatic rings. The van der Waals surface area contributed by atoms with Crippen molar-refractivity contribution in [2.75, 3.05) is 19.0 Å². The van der Waals surface area contributed by atoms with E-state index in [0.717, 1.165) is 21.2 Å².